The topological polar surface area (TPSA) is 55.6 Å². The van der Waals surface area contributed by atoms with Crippen molar-refractivity contribution in [2.75, 3.05) is 18.1 Å². The number of amides is 1. The van der Waals surface area contributed by atoms with Crippen LogP contribution < -0.4 is 15.4 Å². The van der Waals surface area contributed by atoms with Gasteiger partial charge in [0.15, 0.2) is 6.61 Å². The summed E-state index contributed by atoms with van der Waals surface area (Å²) >= 11 is 0. The van der Waals surface area contributed by atoms with Crippen LogP contribution in [-0.4, -0.2) is 19.1 Å². The van der Waals surface area contributed by atoms with Crippen molar-refractivity contribution in [2.24, 2.45) is 5.73 Å². The van der Waals surface area contributed by atoms with Gasteiger partial charge in [-0.1, -0.05) is 30.3 Å². The Labute approximate surface area is 125 Å². The summed E-state index contributed by atoms with van der Waals surface area (Å²) in [4.78, 5) is 14.0. The summed E-state index contributed by atoms with van der Waals surface area (Å²) in [5.41, 5.74) is 7.46. The minimum absolute atomic E-state index is 0.0186. The van der Waals surface area contributed by atoms with Crippen LogP contribution in [0.25, 0.3) is 0 Å². The first kappa shape index (κ1) is 15.1. The molecule has 0 aliphatic rings. The average Bonchev–Trinajstić information content (AvgIpc) is 2.55. The molecule has 4 nitrogen and oxygen atoms in total. The van der Waals surface area contributed by atoms with Gasteiger partial charge in [0.1, 0.15) is 5.75 Å². The fraction of sp³-hybridized carbons (Fsp3) is 0.235. The maximum absolute atomic E-state index is 12.3. The van der Waals surface area contributed by atoms with Crippen molar-refractivity contribution in [3.05, 3.63) is 60.2 Å². The summed E-state index contributed by atoms with van der Waals surface area (Å²) in [6, 6.07) is 17.0. The molecular formula is C17H20N2O2. The normalized spacial score (nSPS) is 10.2. The Morgan fingerprint density at radius 2 is 1.76 bits per heavy atom. The highest BCUT2D eigenvalue weighted by Gasteiger charge is 2.14. The molecule has 0 saturated carbocycles. The predicted octanol–water partition coefficient (Wildman–Crippen LogP) is 2.58. The molecule has 4 heteroatoms. The monoisotopic (exact) mass is 284 g/mol. The molecule has 0 aliphatic heterocycles. The molecule has 0 aliphatic carbocycles. The van der Waals surface area contributed by atoms with Gasteiger partial charge in [0.05, 0.1) is 0 Å². The van der Waals surface area contributed by atoms with E-state index in [0.29, 0.717) is 18.8 Å². The Hall–Kier alpha value is -2.33. The van der Waals surface area contributed by atoms with E-state index in [9.17, 15) is 4.79 Å². The summed E-state index contributed by atoms with van der Waals surface area (Å²) < 4.78 is 5.54. The highest BCUT2D eigenvalue weighted by molar-refractivity contribution is 5.94. The number of hydrogen-bond acceptors (Lipinski definition) is 3. The van der Waals surface area contributed by atoms with Crippen molar-refractivity contribution >= 4 is 11.6 Å². The molecule has 0 bridgehead atoms. The number of carbonyl (C=O) groups excluding carboxylic acids is 1. The lowest BCUT2D eigenvalue weighted by Crippen LogP contribution is -2.34. The van der Waals surface area contributed by atoms with E-state index < -0.39 is 0 Å². The molecule has 0 spiro atoms. The smallest absolute Gasteiger partial charge is 0.264 e. The Morgan fingerprint density at radius 3 is 2.33 bits per heavy atom. The first-order valence-corrected chi connectivity index (χ1v) is 7.01. The van der Waals surface area contributed by atoms with Crippen molar-refractivity contribution in [2.45, 2.75) is 13.5 Å². The Bertz CT molecular complexity index is 567. The van der Waals surface area contributed by atoms with E-state index in [1.807, 2.05) is 61.5 Å². The van der Waals surface area contributed by atoms with Crippen LogP contribution in [0, 0.1) is 0 Å². The van der Waals surface area contributed by atoms with E-state index in [1.54, 1.807) is 4.90 Å². The summed E-state index contributed by atoms with van der Waals surface area (Å²) in [6.45, 7) is 3.07. The molecule has 0 unspecified atom stereocenters. The van der Waals surface area contributed by atoms with Gasteiger partial charge >= 0.3 is 0 Å². The lowest BCUT2D eigenvalue weighted by molar-refractivity contribution is -0.120. The summed E-state index contributed by atoms with van der Waals surface area (Å²) in [5.74, 6) is 0.608. The van der Waals surface area contributed by atoms with Crippen molar-refractivity contribution in [3.8, 4) is 5.75 Å². The van der Waals surface area contributed by atoms with Crippen LogP contribution in [0.3, 0.4) is 0 Å². The molecule has 0 aromatic heterocycles. The van der Waals surface area contributed by atoms with Gasteiger partial charge in [-0.3, -0.25) is 4.79 Å². The number of carbonyl (C=O) groups is 1. The first-order chi connectivity index (χ1) is 10.2. The number of likely N-dealkylation sites (N-methyl/N-ethyl adjacent to an activating group) is 1. The molecular weight excluding hydrogens is 264 g/mol. The fourth-order valence-corrected chi connectivity index (χ4v) is 2.06. The van der Waals surface area contributed by atoms with E-state index in [-0.39, 0.29) is 12.5 Å². The largest absolute Gasteiger partial charge is 0.484 e. The zero-order chi connectivity index (χ0) is 15.1. The highest BCUT2D eigenvalue weighted by atomic mass is 16.5. The number of rotatable bonds is 6. The van der Waals surface area contributed by atoms with Gasteiger partial charge in [0.2, 0.25) is 0 Å². The lowest BCUT2D eigenvalue weighted by atomic mass is 10.2. The third kappa shape index (κ3) is 4.07. The van der Waals surface area contributed by atoms with Gasteiger partial charge in [-0.15, -0.1) is 0 Å². The second kappa shape index (κ2) is 7.45. The standard InChI is InChI=1S/C17H20N2O2/c1-2-19(15-6-4-3-5-7-15)17(20)13-21-16-10-8-14(12-18)9-11-16/h3-11H,2,12-13,18H2,1H3. The van der Waals surface area contributed by atoms with Crippen molar-refractivity contribution in [3.63, 3.8) is 0 Å². The van der Waals surface area contributed by atoms with Gasteiger partial charge in [-0.05, 0) is 36.8 Å². The Balaban J connectivity index is 1.96. The third-order valence-corrected chi connectivity index (χ3v) is 3.21. The predicted molar refractivity (Wildman–Crippen MR) is 84.3 cm³/mol. The molecule has 110 valence electrons. The van der Waals surface area contributed by atoms with Crippen LogP contribution in [0.5, 0.6) is 5.75 Å². The van der Waals surface area contributed by atoms with Crippen LogP contribution >= 0.6 is 0 Å². The molecule has 0 saturated heterocycles. The van der Waals surface area contributed by atoms with E-state index in [1.165, 1.54) is 0 Å². The molecule has 0 radical (unpaired) electrons. The molecule has 2 aromatic carbocycles. The molecule has 2 rings (SSSR count). The number of hydrogen-bond donors (Lipinski definition) is 1. The zero-order valence-electron chi connectivity index (χ0n) is 12.2. The van der Waals surface area contributed by atoms with E-state index in [4.69, 9.17) is 10.5 Å². The molecule has 0 heterocycles. The van der Waals surface area contributed by atoms with Gasteiger partial charge in [0.25, 0.3) is 5.91 Å². The number of anilines is 1. The highest BCUT2D eigenvalue weighted by Crippen LogP contribution is 2.15. The number of nitrogens with zero attached hydrogens (tertiary/aromatic N) is 1. The molecule has 2 N–H and O–H groups in total. The molecule has 1 amide bonds. The lowest BCUT2D eigenvalue weighted by Gasteiger charge is -2.21. The summed E-state index contributed by atoms with van der Waals surface area (Å²) in [5, 5.41) is 0. The average molecular weight is 284 g/mol. The summed E-state index contributed by atoms with van der Waals surface area (Å²) in [6.07, 6.45) is 0. The van der Waals surface area contributed by atoms with E-state index in [0.717, 1.165) is 11.3 Å². The number of nitrogens with two attached hydrogens (primary N) is 1. The second-order valence-electron chi connectivity index (χ2n) is 4.61. The van der Waals surface area contributed by atoms with Crippen LogP contribution in [0.2, 0.25) is 0 Å². The number of ether oxygens (including phenoxy) is 1. The van der Waals surface area contributed by atoms with Crippen LogP contribution in [0.1, 0.15) is 12.5 Å². The minimum Gasteiger partial charge on any atom is -0.484 e. The van der Waals surface area contributed by atoms with Crippen molar-refractivity contribution in [1.29, 1.82) is 0 Å². The second-order valence-corrected chi connectivity index (χ2v) is 4.61. The van der Waals surface area contributed by atoms with Crippen LogP contribution in [-0.2, 0) is 11.3 Å². The van der Waals surface area contributed by atoms with Gasteiger partial charge in [0, 0.05) is 18.8 Å². The minimum atomic E-state index is -0.0633. The Kier molecular flexibility index (Phi) is 5.35. The van der Waals surface area contributed by atoms with Crippen LogP contribution in [0.4, 0.5) is 5.69 Å². The van der Waals surface area contributed by atoms with E-state index >= 15 is 0 Å². The zero-order valence-corrected chi connectivity index (χ0v) is 12.2. The van der Waals surface area contributed by atoms with Gasteiger partial charge in [-0.25, -0.2) is 0 Å². The number of para-hydroxylation sites is 1. The first-order valence-electron chi connectivity index (χ1n) is 7.01. The fourth-order valence-electron chi connectivity index (χ4n) is 2.06. The summed E-state index contributed by atoms with van der Waals surface area (Å²) in [7, 11) is 0. The Morgan fingerprint density at radius 1 is 1.10 bits per heavy atom. The van der Waals surface area contributed by atoms with Crippen LogP contribution in [0.15, 0.2) is 54.6 Å². The van der Waals surface area contributed by atoms with E-state index in [2.05, 4.69) is 0 Å². The third-order valence-electron chi connectivity index (χ3n) is 3.21. The molecule has 0 fully saturated rings. The molecule has 0 atom stereocenters. The van der Waals surface area contributed by atoms with Crippen molar-refractivity contribution in [1.82, 2.24) is 0 Å². The quantitative estimate of drug-likeness (QED) is 0.887. The van der Waals surface area contributed by atoms with Crippen molar-refractivity contribution < 1.29 is 9.53 Å². The molecule has 2 aromatic rings. The number of benzene rings is 2. The maximum atomic E-state index is 12.3. The molecule has 21 heavy (non-hydrogen) atoms. The SMILES string of the molecule is CCN(C(=O)COc1ccc(CN)cc1)c1ccccc1. The van der Waals surface area contributed by atoms with Gasteiger partial charge < -0.3 is 15.4 Å². The maximum Gasteiger partial charge on any atom is 0.264 e. The van der Waals surface area contributed by atoms with Gasteiger partial charge in [-0.2, -0.15) is 0 Å².